The minimum absolute atomic E-state index is 0.0449. The van der Waals surface area contributed by atoms with Crippen LogP contribution in [-0.2, 0) is 22.4 Å². The van der Waals surface area contributed by atoms with Crippen LogP contribution >= 0.6 is 0 Å². The van der Waals surface area contributed by atoms with E-state index in [9.17, 15) is 24.8 Å². The van der Waals surface area contributed by atoms with Gasteiger partial charge in [-0.05, 0) is 22.6 Å². The highest BCUT2D eigenvalue weighted by Gasteiger charge is 2.50. The zero-order chi connectivity index (χ0) is 24.7. The summed E-state index contributed by atoms with van der Waals surface area (Å²) in [5.74, 6) is -0.921. The van der Waals surface area contributed by atoms with Crippen molar-refractivity contribution in [2.45, 2.75) is 44.8 Å². The Morgan fingerprint density at radius 3 is 2.21 bits per heavy atom. The third kappa shape index (κ3) is 4.22. The van der Waals surface area contributed by atoms with Gasteiger partial charge in [0.25, 0.3) is 11.6 Å². The lowest BCUT2D eigenvalue weighted by Gasteiger charge is -2.23. The van der Waals surface area contributed by atoms with Crippen molar-refractivity contribution in [3.8, 4) is 0 Å². The minimum Gasteiger partial charge on any atom is -0.375 e. The molecule has 4 rings (SSSR count). The summed E-state index contributed by atoms with van der Waals surface area (Å²) in [4.78, 5) is 38.4. The van der Waals surface area contributed by atoms with Crippen molar-refractivity contribution in [3.05, 3.63) is 105 Å². The van der Waals surface area contributed by atoms with Crippen LogP contribution in [0.1, 0.15) is 54.2 Å². The quantitative estimate of drug-likeness (QED) is 0.322. The van der Waals surface area contributed by atoms with Crippen molar-refractivity contribution in [2.75, 3.05) is 4.90 Å². The summed E-state index contributed by atoms with van der Waals surface area (Å²) in [7, 11) is 0. The number of nitro benzene ring substituents is 1. The summed E-state index contributed by atoms with van der Waals surface area (Å²) >= 11 is 0. The molecule has 0 unspecified atom stereocenters. The van der Waals surface area contributed by atoms with Crippen LogP contribution in [0.5, 0.6) is 0 Å². The predicted molar refractivity (Wildman–Crippen MR) is 129 cm³/mol. The molecule has 0 aliphatic carbocycles. The summed E-state index contributed by atoms with van der Waals surface area (Å²) in [5, 5.41) is 22.4. The van der Waals surface area contributed by atoms with Gasteiger partial charge in [0, 0.05) is 23.3 Å². The molecule has 1 aliphatic rings. The molecule has 0 fully saturated rings. The topological polar surface area (TPSA) is 101 Å². The fourth-order valence-electron chi connectivity index (χ4n) is 4.23. The Hall–Kier alpha value is -3.84. The van der Waals surface area contributed by atoms with Crippen molar-refractivity contribution < 1.29 is 19.6 Å². The first kappa shape index (κ1) is 23.3. The second-order valence-corrected chi connectivity index (χ2v) is 9.62. The average molecular weight is 459 g/mol. The number of nitrogens with zero attached hydrogens (tertiary/aromatic N) is 2. The Morgan fingerprint density at radius 2 is 1.62 bits per heavy atom. The Balaban J connectivity index is 1.61. The molecular weight excluding hydrogens is 432 g/mol. The van der Waals surface area contributed by atoms with Gasteiger partial charge in [-0.1, -0.05) is 75.4 Å². The van der Waals surface area contributed by atoms with Crippen LogP contribution in [0, 0.1) is 10.1 Å². The largest absolute Gasteiger partial charge is 0.375 e. The maximum absolute atomic E-state index is 13.4. The van der Waals surface area contributed by atoms with Crippen LogP contribution in [0.15, 0.2) is 72.8 Å². The van der Waals surface area contributed by atoms with E-state index in [4.69, 9.17) is 0 Å². The van der Waals surface area contributed by atoms with E-state index < -0.39 is 16.4 Å². The SMILES string of the molecule is CC(C)(C)c1ccc(C(=O)C[C@@]2(O)C(=O)N(Cc3ccc([N+](=O)[O-])cc3)c3ccccc32)cc1. The van der Waals surface area contributed by atoms with Gasteiger partial charge in [-0.15, -0.1) is 0 Å². The van der Waals surface area contributed by atoms with Crippen LogP contribution < -0.4 is 4.90 Å². The molecule has 34 heavy (non-hydrogen) atoms. The first-order chi connectivity index (χ1) is 16.0. The second-order valence-electron chi connectivity index (χ2n) is 9.62. The number of carbonyl (C=O) groups is 2. The van der Waals surface area contributed by atoms with Gasteiger partial charge < -0.3 is 10.0 Å². The number of amides is 1. The fraction of sp³-hybridized carbons (Fsp3) is 0.259. The number of para-hydroxylation sites is 1. The normalized spacial score (nSPS) is 17.5. The number of Topliss-reactive ketones (excluding diaryl/α,β-unsaturated/α-hetero) is 1. The van der Waals surface area contributed by atoms with Gasteiger partial charge in [-0.3, -0.25) is 19.7 Å². The number of carbonyl (C=O) groups excluding carboxylic acids is 2. The third-order valence-electron chi connectivity index (χ3n) is 6.22. The maximum atomic E-state index is 13.4. The van der Waals surface area contributed by atoms with E-state index in [1.54, 1.807) is 48.5 Å². The molecule has 1 amide bonds. The van der Waals surface area contributed by atoms with Crippen molar-refractivity contribution in [1.82, 2.24) is 0 Å². The minimum atomic E-state index is -1.99. The molecule has 0 saturated heterocycles. The molecule has 1 aliphatic heterocycles. The lowest BCUT2D eigenvalue weighted by atomic mass is 9.85. The van der Waals surface area contributed by atoms with E-state index in [2.05, 4.69) is 20.8 Å². The molecule has 7 nitrogen and oxygen atoms in total. The highest BCUT2D eigenvalue weighted by atomic mass is 16.6. The molecule has 0 spiro atoms. The van der Waals surface area contributed by atoms with E-state index in [0.717, 1.165) is 5.56 Å². The van der Waals surface area contributed by atoms with E-state index in [1.807, 2.05) is 12.1 Å². The molecule has 3 aromatic carbocycles. The molecule has 0 bridgehead atoms. The van der Waals surface area contributed by atoms with Gasteiger partial charge in [0.15, 0.2) is 11.4 Å². The van der Waals surface area contributed by atoms with Gasteiger partial charge in [-0.2, -0.15) is 0 Å². The van der Waals surface area contributed by atoms with E-state index in [1.165, 1.54) is 17.0 Å². The predicted octanol–water partition coefficient (Wildman–Crippen LogP) is 4.90. The number of ketones is 1. The lowest BCUT2D eigenvalue weighted by molar-refractivity contribution is -0.384. The van der Waals surface area contributed by atoms with Crippen molar-refractivity contribution in [2.24, 2.45) is 0 Å². The van der Waals surface area contributed by atoms with Crippen molar-refractivity contribution >= 4 is 23.1 Å². The van der Waals surface area contributed by atoms with Crippen LogP contribution in [0.4, 0.5) is 11.4 Å². The van der Waals surface area contributed by atoms with Crippen LogP contribution in [0.3, 0.4) is 0 Å². The van der Waals surface area contributed by atoms with Crippen molar-refractivity contribution in [3.63, 3.8) is 0 Å². The first-order valence-electron chi connectivity index (χ1n) is 11.0. The van der Waals surface area contributed by atoms with E-state index >= 15 is 0 Å². The number of hydrogen-bond acceptors (Lipinski definition) is 5. The molecule has 174 valence electrons. The summed E-state index contributed by atoms with van der Waals surface area (Å²) in [6.45, 7) is 6.37. The van der Waals surface area contributed by atoms with Gasteiger partial charge in [0.1, 0.15) is 0 Å². The molecule has 0 saturated carbocycles. The number of hydrogen-bond donors (Lipinski definition) is 1. The second kappa shape index (κ2) is 8.50. The highest BCUT2D eigenvalue weighted by molar-refractivity contribution is 6.10. The average Bonchev–Trinajstić information content (AvgIpc) is 3.01. The zero-order valence-electron chi connectivity index (χ0n) is 19.3. The standard InChI is InChI=1S/C27H26N2O5/c1-26(2,3)20-12-10-19(11-13-20)24(30)16-27(32)22-6-4-5-7-23(22)28(25(27)31)17-18-8-14-21(15-9-18)29(33)34/h4-15,32H,16-17H2,1-3H3/t27-/m0/s1. The smallest absolute Gasteiger partial charge is 0.269 e. The molecule has 1 heterocycles. The van der Waals surface area contributed by atoms with E-state index in [-0.39, 0.29) is 29.9 Å². The van der Waals surface area contributed by atoms with Gasteiger partial charge in [0.2, 0.25) is 0 Å². The summed E-state index contributed by atoms with van der Waals surface area (Å²) < 4.78 is 0. The summed E-state index contributed by atoms with van der Waals surface area (Å²) in [6.07, 6.45) is -0.380. The Bertz CT molecular complexity index is 1260. The van der Waals surface area contributed by atoms with Crippen LogP contribution in [0.25, 0.3) is 0 Å². The molecule has 7 heteroatoms. The number of non-ortho nitro benzene ring substituents is 1. The molecular formula is C27H26N2O5. The lowest BCUT2D eigenvalue weighted by Crippen LogP contribution is -2.41. The number of rotatable bonds is 6. The summed E-state index contributed by atoms with van der Waals surface area (Å²) in [6, 6.07) is 20.0. The highest BCUT2D eigenvalue weighted by Crippen LogP contribution is 2.43. The molecule has 0 aromatic heterocycles. The molecule has 1 N–H and O–H groups in total. The van der Waals surface area contributed by atoms with Crippen molar-refractivity contribution in [1.29, 1.82) is 0 Å². The zero-order valence-corrected chi connectivity index (χ0v) is 19.3. The molecule has 1 atom stereocenters. The molecule has 3 aromatic rings. The third-order valence-corrected chi connectivity index (χ3v) is 6.22. The number of aliphatic hydroxyl groups is 1. The first-order valence-corrected chi connectivity index (χ1v) is 11.0. The summed E-state index contributed by atoms with van der Waals surface area (Å²) in [5.41, 5.74) is 0.986. The Labute approximate surface area is 197 Å². The number of fused-ring (bicyclic) bond motifs is 1. The molecule has 0 radical (unpaired) electrons. The number of benzene rings is 3. The van der Waals surface area contributed by atoms with E-state index in [0.29, 0.717) is 22.4 Å². The monoisotopic (exact) mass is 458 g/mol. The maximum Gasteiger partial charge on any atom is 0.269 e. The van der Waals surface area contributed by atoms with Crippen LogP contribution in [-0.4, -0.2) is 21.7 Å². The van der Waals surface area contributed by atoms with Gasteiger partial charge in [-0.25, -0.2) is 0 Å². The number of nitro groups is 1. The Kier molecular flexibility index (Phi) is 5.83. The van der Waals surface area contributed by atoms with Gasteiger partial charge >= 0.3 is 0 Å². The fourth-order valence-corrected chi connectivity index (χ4v) is 4.23. The van der Waals surface area contributed by atoms with Gasteiger partial charge in [0.05, 0.1) is 23.6 Å². The van der Waals surface area contributed by atoms with Crippen LogP contribution in [0.2, 0.25) is 0 Å². The number of anilines is 1. The Morgan fingerprint density at radius 1 is 1.00 bits per heavy atom.